The molecule has 3 rings (SSSR count). The number of hydrogen-bond acceptors (Lipinski definition) is 6. The normalized spacial score (nSPS) is 10.7. The minimum atomic E-state index is -0.253. The zero-order valence-electron chi connectivity index (χ0n) is 14.3. The topological polar surface area (TPSA) is 95.1 Å². The average molecular weight is 341 g/mol. The molecule has 0 aliphatic rings. The van der Waals surface area contributed by atoms with E-state index in [2.05, 4.69) is 20.6 Å². The third-order valence-electron chi connectivity index (χ3n) is 3.59. The van der Waals surface area contributed by atoms with E-state index in [0.29, 0.717) is 29.7 Å². The highest BCUT2D eigenvalue weighted by molar-refractivity contribution is 5.93. The first-order valence-corrected chi connectivity index (χ1v) is 7.91. The van der Waals surface area contributed by atoms with Gasteiger partial charge in [0.05, 0.1) is 24.9 Å². The Kier molecular flexibility index (Phi) is 4.78. The van der Waals surface area contributed by atoms with Crippen LogP contribution in [0.2, 0.25) is 0 Å². The number of rotatable bonds is 6. The molecule has 0 bridgehead atoms. The summed E-state index contributed by atoms with van der Waals surface area (Å²) < 4.78 is 12.3. The molecule has 8 heteroatoms. The molecule has 130 valence electrons. The number of carbonyl (C=O) groups excluding carboxylic acids is 1. The second-order valence-corrected chi connectivity index (χ2v) is 5.43. The molecule has 0 aliphatic carbocycles. The Morgan fingerprint density at radius 1 is 1.36 bits per heavy atom. The molecule has 2 aromatic heterocycles. The van der Waals surface area contributed by atoms with Crippen LogP contribution in [0, 0.1) is 6.92 Å². The van der Waals surface area contributed by atoms with E-state index in [1.807, 2.05) is 32.0 Å². The number of nitrogens with zero attached hydrogens (tertiary/aromatic N) is 4. The number of aryl methyl sites for hydroxylation is 2. The maximum absolute atomic E-state index is 12.2. The monoisotopic (exact) mass is 341 g/mol. The largest absolute Gasteiger partial charge is 0.495 e. The summed E-state index contributed by atoms with van der Waals surface area (Å²) in [6, 6.07) is 9.06. The summed E-state index contributed by atoms with van der Waals surface area (Å²) in [4.78, 5) is 16.5. The smallest absolute Gasteiger partial charge is 0.276 e. The zero-order valence-corrected chi connectivity index (χ0v) is 14.3. The van der Waals surface area contributed by atoms with Crippen LogP contribution in [-0.4, -0.2) is 32.9 Å². The van der Waals surface area contributed by atoms with E-state index in [1.165, 1.54) is 0 Å². The Balaban J connectivity index is 1.72. The Morgan fingerprint density at radius 3 is 2.92 bits per heavy atom. The van der Waals surface area contributed by atoms with E-state index in [0.717, 1.165) is 11.4 Å². The number of hydrogen-bond donors (Lipinski definition) is 1. The van der Waals surface area contributed by atoms with Crippen LogP contribution < -0.4 is 10.1 Å². The van der Waals surface area contributed by atoms with Crippen LogP contribution in [-0.2, 0) is 17.8 Å². The van der Waals surface area contributed by atoms with Crippen LogP contribution in [0.5, 0.6) is 5.75 Å². The van der Waals surface area contributed by atoms with Crippen molar-refractivity contribution >= 4 is 11.6 Å². The van der Waals surface area contributed by atoms with Crippen molar-refractivity contribution in [1.82, 2.24) is 19.9 Å². The molecular formula is C17H19N5O3. The lowest BCUT2D eigenvalue weighted by Gasteiger charge is -2.08. The third kappa shape index (κ3) is 3.68. The van der Waals surface area contributed by atoms with Crippen LogP contribution in [0.1, 0.15) is 18.4 Å². The molecule has 1 N–H and O–H groups in total. The Labute approximate surface area is 144 Å². The zero-order chi connectivity index (χ0) is 17.8. The maximum Gasteiger partial charge on any atom is 0.276 e. The van der Waals surface area contributed by atoms with Gasteiger partial charge >= 0.3 is 0 Å². The maximum atomic E-state index is 12.2. The molecule has 3 aromatic rings. The number of carbonyl (C=O) groups is 1. The number of methoxy groups -OCH3 is 1. The number of anilines is 1. The second kappa shape index (κ2) is 7.16. The van der Waals surface area contributed by atoms with Crippen molar-refractivity contribution in [2.24, 2.45) is 0 Å². The molecule has 1 aromatic carbocycles. The summed E-state index contributed by atoms with van der Waals surface area (Å²) in [6.45, 7) is 4.57. The van der Waals surface area contributed by atoms with Gasteiger partial charge in [-0.1, -0.05) is 17.3 Å². The van der Waals surface area contributed by atoms with E-state index >= 15 is 0 Å². The van der Waals surface area contributed by atoms with Crippen molar-refractivity contribution in [1.29, 1.82) is 0 Å². The van der Waals surface area contributed by atoms with Crippen molar-refractivity contribution in [3.63, 3.8) is 0 Å². The molecule has 0 aliphatic heterocycles. The number of benzene rings is 1. The summed E-state index contributed by atoms with van der Waals surface area (Å²) in [5.41, 5.74) is 2.20. The summed E-state index contributed by atoms with van der Waals surface area (Å²) >= 11 is 0. The van der Waals surface area contributed by atoms with Gasteiger partial charge in [-0.05, 0) is 32.0 Å². The predicted octanol–water partition coefficient (Wildman–Crippen LogP) is 2.45. The lowest BCUT2D eigenvalue weighted by atomic mass is 10.2. The van der Waals surface area contributed by atoms with Gasteiger partial charge in [0, 0.05) is 6.54 Å². The fourth-order valence-corrected chi connectivity index (χ4v) is 2.47. The van der Waals surface area contributed by atoms with Crippen molar-refractivity contribution < 1.29 is 14.1 Å². The fraction of sp³-hybridized carbons (Fsp3) is 0.294. The first kappa shape index (κ1) is 16.7. The highest BCUT2D eigenvalue weighted by Gasteiger charge is 2.17. The summed E-state index contributed by atoms with van der Waals surface area (Å²) in [5.74, 6) is 0.996. The highest BCUT2D eigenvalue weighted by atomic mass is 16.5. The first-order valence-electron chi connectivity index (χ1n) is 7.91. The van der Waals surface area contributed by atoms with Gasteiger partial charge in [0.1, 0.15) is 11.4 Å². The van der Waals surface area contributed by atoms with Gasteiger partial charge in [-0.2, -0.15) is 10.1 Å². The van der Waals surface area contributed by atoms with E-state index in [1.54, 1.807) is 23.9 Å². The molecule has 0 saturated heterocycles. The van der Waals surface area contributed by atoms with E-state index in [9.17, 15) is 4.79 Å². The summed E-state index contributed by atoms with van der Waals surface area (Å²) in [7, 11) is 1.55. The number of aromatic nitrogens is 4. The SMILES string of the molecule is CCn1nc(C)cc1-c1nc(CC(=O)Nc2ccccc2OC)no1. The van der Waals surface area contributed by atoms with Crippen molar-refractivity contribution in [2.75, 3.05) is 12.4 Å². The minimum Gasteiger partial charge on any atom is -0.495 e. The number of para-hydroxylation sites is 2. The molecule has 0 spiro atoms. The Bertz CT molecular complexity index is 884. The van der Waals surface area contributed by atoms with Crippen molar-refractivity contribution in [2.45, 2.75) is 26.8 Å². The first-order chi connectivity index (χ1) is 12.1. The summed E-state index contributed by atoms with van der Waals surface area (Å²) in [6.07, 6.45) is 0.000787. The minimum absolute atomic E-state index is 0.000787. The fourth-order valence-electron chi connectivity index (χ4n) is 2.47. The molecule has 0 saturated carbocycles. The molecule has 25 heavy (non-hydrogen) atoms. The van der Waals surface area contributed by atoms with Crippen molar-refractivity contribution in [3.05, 3.63) is 41.9 Å². The average Bonchev–Trinajstić information content (AvgIpc) is 3.21. The van der Waals surface area contributed by atoms with Crippen LogP contribution in [0.25, 0.3) is 11.6 Å². The van der Waals surface area contributed by atoms with Crippen LogP contribution >= 0.6 is 0 Å². The third-order valence-corrected chi connectivity index (χ3v) is 3.59. The second-order valence-electron chi connectivity index (χ2n) is 5.43. The lowest BCUT2D eigenvalue weighted by molar-refractivity contribution is -0.115. The van der Waals surface area contributed by atoms with Crippen LogP contribution in [0.4, 0.5) is 5.69 Å². The molecule has 0 atom stereocenters. The quantitative estimate of drug-likeness (QED) is 0.740. The van der Waals surface area contributed by atoms with Gasteiger partial charge in [-0.25, -0.2) is 0 Å². The van der Waals surface area contributed by atoms with E-state index in [4.69, 9.17) is 9.26 Å². The van der Waals surface area contributed by atoms with Gasteiger partial charge in [0.15, 0.2) is 5.82 Å². The molecule has 8 nitrogen and oxygen atoms in total. The predicted molar refractivity (Wildman–Crippen MR) is 91.3 cm³/mol. The van der Waals surface area contributed by atoms with Gasteiger partial charge in [0.2, 0.25) is 5.91 Å². The number of nitrogens with one attached hydrogen (secondary N) is 1. The van der Waals surface area contributed by atoms with E-state index < -0.39 is 0 Å². The highest BCUT2D eigenvalue weighted by Crippen LogP contribution is 2.23. The van der Waals surface area contributed by atoms with Gasteiger partial charge in [-0.3, -0.25) is 9.48 Å². The molecule has 1 amide bonds. The molecule has 0 radical (unpaired) electrons. The standard InChI is InChI=1S/C17H19N5O3/c1-4-22-13(9-11(2)20-22)17-19-15(21-25-17)10-16(23)18-12-7-5-6-8-14(12)24-3/h5-9H,4,10H2,1-3H3,(H,18,23). The lowest BCUT2D eigenvalue weighted by Crippen LogP contribution is -2.15. The van der Waals surface area contributed by atoms with Gasteiger partial charge in [-0.15, -0.1) is 0 Å². The van der Waals surface area contributed by atoms with Crippen molar-refractivity contribution in [3.8, 4) is 17.3 Å². The van der Waals surface area contributed by atoms with Crippen LogP contribution in [0.15, 0.2) is 34.9 Å². The van der Waals surface area contributed by atoms with E-state index in [-0.39, 0.29) is 12.3 Å². The molecule has 0 fully saturated rings. The molecule has 2 heterocycles. The Morgan fingerprint density at radius 2 is 2.16 bits per heavy atom. The van der Waals surface area contributed by atoms with Gasteiger partial charge < -0.3 is 14.6 Å². The summed E-state index contributed by atoms with van der Waals surface area (Å²) in [5, 5.41) is 11.0. The van der Waals surface area contributed by atoms with Crippen LogP contribution in [0.3, 0.4) is 0 Å². The molecule has 0 unspecified atom stereocenters. The Hall–Kier alpha value is -3.16. The number of amides is 1. The van der Waals surface area contributed by atoms with Gasteiger partial charge in [0.25, 0.3) is 5.89 Å². The number of ether oxygens (including phenoxy) is 1. The molecular weight excluding hydrogens is 322 g/mol.